The monoisotopic (exact) mass is 254 g/mol. The number of hydrogen-bond donors (Lipinski definition) is 0. The zero-order valence-electron chi connectivity index (χ0n) is 7.79. The van der Waals surface area contributed by atoms with Gasteiger partial charge in [0.2, 0.25) is 0 Å². The molecule has 72 valence electrons. The summed E-state index contributed by atoms with van der Waals surface area (Å²) in [6, 6.07) is 9.93. The van der Waals surface area contributed by atoms with Gasteiger partial charge in [-0.3, -0.25) is 0 Å². The summed E-state index contributed by atoms with van der Waals surface area (Å²) in [5, 5.41) is 8.51. The van der Waals surface area contributed by atoms with E-state index in [1.165, 1.54) is 0 Å². The number of tetrazole rings is 1. The van der Waals surface area contributed by atoms with Crippen molar-refractivity contribution in [2.75, 3.05) is 0 Å². The van der Waals surface area contributed by atoms with E-state index in [1.54, 1.807) is 9.48 Å². The molecule has 0 aliphatic rings. The number of para-hydroxylation sites is 1. The topological polar surface area (TPSA) is 34.6 Å². The molecule has 0 N–H and O–H groups in total. The minimum absolute atomic E-state index is 0.772. The fourth-order valence-corrected chi connectivity index (χ4v) is 1.66. The van der Waals surface area contributed by atoms with Gasteiger partial charge in [-0.25, -0.2) is 0 Å². The Labute approximate surface area is 90.3 Å². The molecule has 0 atom stereocenters. The van der Waals surface area contributed by atoms with Gasteiger partial charge in [0.25, 0.3) is 0 Å². The summed E-state index contributed by atoms with van der Waals surface area (Å²) in [6.45, 7) is 2.78. The van der Waals surface area contributed by atoms with Crippen molar-refractivity contribution in [1.29, 1.82) is 0 Å². The van der Waals surface area contributed by atoms with Gasteiger partial charge in [-0.1, -0.05) is 0 Å². The van der Waals surface area contributed by atoms with Gasteiger partial charge in [0.15, 0.2) is 0 Å². The number of aromatic nitrogens is 4. The van der Waals surface area contributed by atoms with Crippen LogP contribution in [0.4, 0.5) is 0 Å². The van der Waals surface area contributed by atoms with Gasteiger partial charge in [0.1, 0.15) is 0 Å². The van der Waals surface area contributed by atoms with Crippen molar-refractivity contribution in [2.45, 2.75) is 13.5 Å². The zero-order chi connectivity index (χ0) is 9.97. The van der Waals surface area contributed by atoms with E-state index in [1.807, 2.05) is 37.3 Å². The van der Waals surface area contributed by atoms with Crippen LogP contribution in [0.5, 0.6) is 0 Å². The fraction of sp³-hybridized carbons (Fsp3) is 0.222. The van der Waals surface area contributed by atoms with E-state index >= 15 is 0 Å². The summed E-state index contributed by atoms with van der Waals surface area (Å²) in [5.41, 5.74) is 1.01. The molecule has 14 heavy (non-hydrogen) atoms. The van der Waals surface area contributed by atoms with E-state index in [0.29, 0.717) is 0 Å². The van der Waals surface area contributed by atoms with Crippen molar-refractivity contribution in [3.63, 3.8) is 0 Å². The molecule has 1 aromatic carbocycles. The van der Waals surface area contributed by atoms with Gasteiger partial charge in [0.05, 0.1) is 0 Å². The molecule has 0 spiro atoms. The molecule has 0 radical (unpaired) electrons. The molecule has 4 nitrogen and oxygen atoms in total. The summed E-state index contributed by atoms with van der Waals surface area (Å²) < 4.78 is 2.56. The van der Waals surface area contributed by atoms with E-state index in [2.05, 4.69) is 26.3 Å². The minimum atomic E-state index is 0.772. The standard InChI is InChI=1S/C9H10N4Se/c1-2-12-10-9(14)13(11-12)8-6-4-3-5-7-8/h3-7H,2H2,1H3. The average molecular weight is 253 g/mol. The molecule has 2 rings (SSSR count). The normalized spacial score (nSPS) is 10.4. The first kappa shape index (κ1) is 9.37. The van der Waals surface area contributed by atoms with Crippen LogP contribution in [-0.2, 0) is 6.54 Å². The first-order chi connectivity index (χ1) is 6.81. The molecular formula is C9H10N4Se. The van der Waals surface area contributed by atoms with E-state index in [-0.39, 0.29) is 0 Å². The summed E-state index contributed by atoms with van der Waals surface area (Å²) in [4.78, 5) is 1.65. The van der Waals surface area contributed by atoms with Crippen LogP contribution < -0.4 is 9.40 Å². The third kappa shape index (κ3) is 1.69. The average Bonchev–Trinajstić information content (AvgIpc) is 2.61. The quantitative estimate of drug-likeness (QED) is 0.527. The van der Waals surface area contributed by atoms with E-state index in [4.69, 9.17) is 0 Å². The molecule has 0 saturated heterocycles. The van der Waals surface area contributed by atoms with Crippen LogP contribution >= 0.6 is 0 Å². The molecule has 0 bridgehead atoms. The Kier molecular flexibility index (Phi) is 2.61. The first-order valence-corrected chi connectivity index (χ1v) is 5.27. The zero-order valence-corrected chi connectivity index (χ0v) is 9.50. The van der Waals surface area contributed by atoms with Crippen LogP contribution in [0.25, 0.3) is 5.69 Å². The molecule has 5 heteroatoms. The van der Waals surface area contributed by atoms with Crippen LogP contribution in [-0.4, -0.2) is 31.1 Å². The van der Waals surface area contributed by atoms with Crippen LogP contribution in [0.15, 0.2) is 30.3 Å². The van der Waals surface area contributed by atoms with Crippen LogP contribution in [0.1, 0.15) is 6.92 Å². The summed E-state index contributed by atoms with van der Waals surface area (Å²) >= 11 is 2.89. The number of benzene rings is 1. The molecule has 0 saturated carbocycles. The van der Waals surface area contributed by atoms with Gasteiger partial charge in [0, 0.05) is 0 Å². The second kappa shape index (κ2) is 3.90. The Bertz CT molecular complexity index is 424. The van der Waals surface area contributed by atoms with Gasteiger partial charge >= 0.3 is 90.0 Å². The molecular weight excluding hydrogens is 243 g/mol. The maximum absolute atomic E-state index is 4.29. The fourth-order valence-electron chi connectivity index (χ4n) is 1.17. The van der Waals surface area contributed by atoms with Gasteiger partial charge in [-0.2, -0.15) is 0 Å². The molecule has 0 fully saturated rings. The number of hydrogen-bond acceptors (Lipinski definition) is 2. The van der Waals surface area contributed by atoms with Crippen molar-refractivity contribution in [3.8, 4) is 5.69 Å². The predicted octanol–water partition coefficient (Wildman–Crippen LogP) is -0.632. The number of aryl methyl sites for hydroxylation is 1. The summed E-state index contributed by atoms with van der Waals surface area (Å²) in [6.07, 6.45) is 0. The molecule has 0 aliphatic carbocycles. The molecule has 0 aliphatic heterocycles. The third-order valence-electron chi connectivity index (χ3n) is 1.86. The molecule has 2 aromatic rings. The van der Waals surface area contributed by atoms with Gasteiger partial charge in [-0.05, 0) is 0 Å². The van der Waals surface area contributed by atoms with E-state index < -0.39 is 0 Å². The molecule has 0 amide bonds. The Balaban J connectivity index is 2.46. The maximum atomic E-state index is 4.29. The van der Waals surface area contributed by atoms with Crippen molar-refractivity contribution in [3.05, 3.63) is 30.3 Å². The van der Waals surface area contributed by atoms with Gasteiger partial charge in [-0.15, -0.1) is 0 Å². The SMILES string of the molecule is CCn1nc([Se-])[n+](-c2ccccc2)n1. The molecule has 1 aromatic heterocycles. The van der Waals surface area contributed by atoms with Crippen molar-refractivity contribution < 1.29 is 4.68 Å². The van der Waals surface area contributed by atoms with Crippen LogP contribution in [0.3, 0.4) is 0 Å². The van der Waals surface area contributed by atoms with Crippen LogP contribution in [0.2, 0.25) is 0 Å². The van der Waals surface area contributed by atoms with Gasteiger partial charge < -0.3 is 0 Å². The third-order valence-corrected chi connectivity index (χ3v) is 2.39. The van der Waals surface area contributed by atoms with Crippen molar-refractivity contribution in [1.82, 2.24) is 15.1 Å². The summed E-state index contributed by atoms with van der Waals surface area (Å²) in [5.74, 6) is 0. The predicted molar refractivity (Wildman–Crippen MR) is 52.6 cm³/mol. The molecule has 0 unspecified atom stereocenters. The Morgan fingerprint density at radius 1 is 1.36 bits per heavy atom. The van der Waals surface area contributed by atoms with E-state index in [9.17, 15) is 0 Å². The van der Waals surface area contributed by atoms with E-state index in [0.717, 1.165) is 17.0 Å². The Hall–Kier alpha value is -1.19. The Morgan fingerprint density at radius 3 is 2.64 bits per heavy atom. The summed E-state index contributed by atoms with van der Waals surface area (Å²) in [7, 11) is 0. The molecule has 1 heterocycles. The van der Waals surface area contributed by atoms with Crippen molar-refractivity contribution >= 4 is 20.7 Å². The second-order valence-corrected chi connectivity index (χ2v) is 3.57. The first-order valence-electron chi connectivity index (χ1n) is 4.41. The second-order valence-electron chi connectivity index (χ2n) is 2.81. The van der Waals surface area contributed by atoms with Crippen molar-refractivity contribution in [2.24, 2.45) is 0 Å². The van der Waals surface area contributed by atoms with Crippen LogP contribution in [0, 0.1) is 0 Å². The number of nitrogens with zero attached hydrogens (tertiary/aromatic N) is 4. The Morgan fingerprint density at radius 2 is 2.07 bits per heavy atom. The number of rotatable bonds is 2.